The van der Waals surface area contributed by atoms with Gasteiger partial charge in [-0.1, -0.05) is 42.5 Å². The summed E-state index contributed by atoms with van der Waals surface area (Å²) in [4.78, 5) is 2.68. The van der Waals surface area contributed by atoms with Crippen LogP contribution < -0.4 is 5.32 Å². The van der Waals surface area contributed by atoms with Crippen LogP contribution in [0.3, 0.4) is 0 Å². The maximum atomic E-state index is 3.71. The molecule has 0 aromatic heterocycles. The average Bonchev–Trinajstić information content (AvgIpc) is 2.97. The van der Waals surface area contributed by atoms with Crippen molar-refractivity contribution in [2.45, 2.75) is 31.8 Å². The van der Waals surface area contributed by atoms with E-state index in [9.17, 15) is 0 Å². The van der Waals surface area contributed by atoms with Gasteiger partial charge in [-0.2, -0.15) is 0 Å². The van der Waals surface area contributed by atoms with Crippen molar-refractivity contribution in [1.29, 1.82) is 0 Å². The molecule has 2 aromatic rings. The number of fused-ring (bicyclic) bond motifs is 2. The van der Waals surface area contributed by atoms with E-state index in [0.29, 0.717) is 6.04 Å². The van der Waals surface area contributed by atoms with Crippen LogP contribution in [0.5, 0.6) is 0 Å². The van der Waals surface area contributed by atoms with Crippen molar-refractivity contribution >= 4 is 10.8 Å². The minimum absolute atomic E-state index is 0.503. The first kappa shape index (κ1) is 13.3. The molecular weight excluding hydrogens is 256 g/mol. The van der Waals surface area contributed by atoms with Crippen LogP contribution in [0.4, 0.5) is 0 Å². The Morgan fingerprint density at radius 2 is 1.95 bits per heavy atom. The number of piperidine rings is 1. The Balaban J connectivity index is 1.63. The van der Waals surface area contributed by atoms with Crippen molar-refractivity contribution in [1.82, 2.24) is 10.2 Å². The molecule has 0 amide bonds. The lowest BCUT2D eigenvalue weighted by molar-refractivity contribution is 0.252. The molecule has 2 fully saturated rings. The number of hydrogen-bond acceptors (Lipinski definition) is 2. The van der Waals surface area contributed by atoms with Gasteiger partial charge in [-0.3, -0.25) is 4.90 Å². The summed E-state index contributed by atoms with van der Waals surface area (Å²) in [6, 6.07) is 16.7. The predicted octanol–water partition coefficient (Wildman–Crippen LogP) is 3.58. The predicted molar refractivity (Wildman–Crippen MR) is 88.5 cm³/mol. The summed E-state index contributed by atoms with van der Waals surface area (Å²) in [7, 11) is 0. The minimum atomic E-state index is 0.503. The molecule has 0 spiro atoms. The molecule has 2 aliphatic heterocycles. The Labute approximate surface area is 127 Å². The first-order chi connectivity index (χ1) is 10.3. The third kappa shape index (κ3) is 2.37. The van der Waals surface area contributed by atoms with Crippen LogP contribution in [0.1, 0.15) is 31.4 Å². The molecule has 110 valence electrons. The topological polar surface area (TPSA) is 15.3 Å². The van der Waals surface area contributed by atoms with E-state index in [1.54, 1.807) is 0 Å². The highest BCUT2D eigenvalue weighted by atomic mass is 15.2. The highest BCUT2D eigenvalue weighted by molar-refractivity contribution is 5.86. The second-order valence-corrected chi connectivity index (χ2v) is 6.66. The van der Waals surface area contributed by atoms with Crippen molar-refractivity contribution in [3.8, 4) is 0 Å². The zero-order chi connectivity index (χ0) is 14.2. The number of nitrogens with zero attached hydrogens (tertiary/aromatic N) is 1. The fourth-order valence-corrected chi connectivity index (χ4v) is 4.21. The largest absolute Gasteiger partial charge is 0.312 e. The quantitative estimate of drug-likeness (QED) is 0.904. The zero-order valence-corrected chi connectivity index (χ0v) is 12.8. The van der Waals surface area contributed by atoms with Crippen LogP contribution >= 0.6 is 0 Å². The van der Waals surface area contributed by atoms with Gasteiger partial charge in [0.15, 0.2) is 0 Å². The van der Waals surface area contributed by atoms with Crippen LogP contribution in [0.25, 0.3) is 10.8 Å². The van der Waals surface area contributed by atoms with Gasteiger partial charge in [-0.15, -0.1) is 0 Å². The molecule has 0 radical (unpaired) electrons. The molecule has 2 aromatic carbocycles. The molecule has 2 nitrogen and oxygen atoms in total. The Morgan fingerprint density at radius 3 is 2.86 bits per heavy atom. The molecule has 0 saturated carbocycles. The smallest absolute Gasteiger partial charge is 0.0326 e. The van der Waals surface area contributed by atoms with Gasteiger partial charge in [0.1, 0.15) is 0 Å². The lowest BCUT2D eigenvalue weighted by Crippen LogP contribution is -2.40. The van der Waals surface area contributed by atoms with Crippen molar-refractivity contribution in [2.24, 2.45) is 5.92 Å². The van der Waals surface area contributed by atoms with Crippen molar-refractivity contribution in [3.63, 3.8) is 0 Å². The Hall–Kier alpha value is -1.38. The maximum absolute atomic E-state index is 3.71. The third-order valence-corrected chi connectivity index (χ3v) is 5.45. The Morgan fingerprint density at radius 1 is 1.10 bits per heavy atom. The van der Waals surface area contributed by atoms with Gasteiger partial charge in [-0.05, 0) is 48.6 Å². The number of hydrogen-bond donors (Lipinski definition) is 1. The highest BCUT2D eigenvalue weighted by Crippen LogP contribution is 2.34. The van der Waals surface area contributed by atoms with E-state index in [1.165, 1.54) is 48.8 Å². The Kier molecular flexibility index (Phi) is 3.44. The normalized spacial score (nSPS) is 27.7. The molecule has 2 saturated heterocycles. The van der Waals surface area contributed by atoms with Crippen molar-refractivity contribution in [3.05, 3.63) is 48.0 Å². The van der Waals surface area contributed by atoms with E-state index < -0.39 is 0 Å². The number of rotatable bonds is 2. The molecule has 0 aliphatic carbocycles. The summed E-state index contributed by atoms with van der Waals surface area (Å²) in [5.74, 6) is 0.858. The van der Waals surface area contributed by atoms with Gasteiger partial charge in [0.25, 0.3) is 0 Å². The molecule has 1 N–H and O–H groups in total. The number of likely N-dealkylation sites (tertiary alicyclic amines) is 1. The van der Waals surface area contributed by atoms with Gasteiger partial charge in [-0.25, -0.2) is 0 Å². The standard InChI is InChI=1S/C19H24N2/c1-14(21-12-16-8-5-11-20-19(16)13-21)17-10-4-7-15-6-2-3-9-18(15)17/h2-4,6-7,9-10,14,16,19-20H,5,8,11-13H2,1H3. The third-order valence-electron chi connectivity index (χ3n) is 5.45. The molecular formula is C19H24N2. The fourth-order valence-electron chi connectivity index (χ4n) is 4.21. The van der Waals surface area contributed by atoms with Gasteiger partial charge in [0, 0.05) is 25.2 Å². The number of nitrogens with one attached hydrogen (secondary N) is 1. The van der Waals surface area contributed by atoms with E-state index in [2.05, 4.69) is 59.6 Å². The zero-order valence-electron chi connectivity index (χ0n) is 12.8. The van der Waals surface area contributed by atoms with E-state index in [0.717, 1.165) is 12.0 Å². The van der Waals surface area contributed by atoms with E-state index in [4.69, 9.17) is 0 Å². The summed E-state index contributed by atoms with van der Waals surface area (Å²) in [5.41, 5.74) is 1.48. The highest BCUT2D eigenvalue weighted by Gasteiger charge is 2.36. The van der Waals surface area contributed by atoms with Crippen LogP contribution in [0, 0.1) is 5.92 Å². The molecule has 21 heavy (non-hydrogen) atoms. The molecule has 2 heteroatoms. The van der Waals surface area contributed by atoms with Crippen LogP contribution in [-0.4, -0.2) is 30.6 Å². The van der Waals surface area contributed by atoms with Crippen LogP contribution in [0.2, 0.25) is 0 Å². The molecule has 2 heterocycles. The number of benzene rings is 2. The lowest BCUT2D eigenvalue weighted by atomic mass is 9.94. The van der Waals surface area contributed by atoms with Crippen LogP contribution in [0.15, 0.2) is 42.5 Å². The van der Waals surface area contributed by atoms with Gasteiger partial charge < -0.3 is 5.32 Å². The molecule has 4 rings (SSSR count). The summed E-state index contributed by atoms with van der Waals surface area (Å²) < 4.78 is 0. The SMILES string of the molecule is CC(c1cccc2ccccc12)N1CC2CCCNC2C1. The van der Waals surface area contributed by atoms with E-state index in [1.807, 2.05) is 0 Å². The second kappa shape index (κ2) is 5.43. The van der Waals surface area contributed by atoms with Gasteiger partial charge in [0.05, 0.1) is 0 Å². The van der Waals surface area contributed by atoms with Gasteiger partial charge >= 0.3 is 0 Å². The second-order valence-electron chi connectivity index (χ2n) is 6.66. The lowest BCUT2D eigenvalue weighted by Gasteiger charge is -2.26. The summed E-state index contributed by atoms with van der Waals surface area (Å²) >= 11 is 0. The fraction of sp³-hybridized carbons (Fsp3) is 0.474. The summed E-state index contributed by atoms with van der Waals surface area (Å²) in [5, 5.41) is 6.48. The average molecular weight is 280 g/mol. The maximum Gasteiger partial charge on any atom is 0.0326 e. The van der Waals surface area contributed by atoms with Crippen LogP contribution in [-0.2, 0) is 0 Å². The molecule has 3 atom stereocenters. The first-order valence-corrected chi connectivity index (χ1v) is 8.28. The summed E-state index contributed by atoms with van der Waals surface area (Å²) in [6.07, 6.45) is 2.74. The monoisotopic (exact) mass is 280 g/mol. The van der Waals surface area contributed by atoms with Crippen molar-refractivity contribution in [2.75, 3.05) is 19.6 Å². The molecule has 0 bridgehead atoms. The summed E-state index contributed by atoms with van der Waals surface area (Å²) in [6.45, 7) is 6.04. The van der Waals surface area contributed by atoms with E-state index in [-0.39, 0.29) is 0 Å². The molecule has 3 unspecified atom stereocenters. The Bertz CT molecular complexity index is 617. The molecule has 2 aliphatic rings. The first-order valence-electron chi connectivity index (χ1n) is 8.28. The van der Waals surface area contributed by atoms with Gasteiger partial charge in [0.2, 0.25) is 0 Å². The van der Waals surface area contributed by atoms with E-state index >= 15 is 0 Å². The minimum Gasteiger partial charge on any atom is -0.312 e. The van der Waals surface area contributed by atoms with Crippen molar-refractivity contribution < 1.29 is 0 Å².